The second-order valence-electron chi connectivity index (χ2n) is 3.90. The lowest BCUT2D eigenvalue weighted by Crippen LogP contribution is -2.06. The van der Waals surface area contributed by atoms with Gasteiger partial charge in [0, 0.05) is 4.47 Å². The first kappa shape index (κ1) is 9.73. The van der Waals surface area contributed by atoms with E-state index in [2.05, 4.69) is 41.1 Å². The summed E-state index contributed by atoms with van der Waals surface area (Å²) in [5.41, 5.74) is 0.986. The third kappa shape index (κ3) is 1.36. The Morgan fingerprint density at radius 1 is 1.64 bits per heavy atom. The van der Waals surface area contributed by atoms with E-state index in [1.807, 2.05) is 12.1 Å². The minimum atomic E-state index is -0.182. The minimum absolute atomic E-state index is 0.182. The van der Waals surface area contributed by atoms with E-state index in [4.69, 9.17) is 0 Å². The second-order valence-corrected chi connectivity index (χ2v) is 4.82. The van der Waals surface area contributed by atoms with Crippen LogP contribution in [0.5, 0.6) is 0 Å². The van der Waals surface area contributed by atoms with Crippen molar-refractivity contribution in [2.75, 3.05) is 0 Å². The van der Waals surface area contributed by atoms with Gasteiger partial charge in [-0.1, -0.05) is 41.4 Å². The van der Waals surface area contributed by atoms with E-state index in [0.29, 0.717) is 5.92 Å². The first-order valence-electron chi connectivity index (χ1n) is 4.90. The van der Waals surface area contributed by atoms with Gasteiger partial charge in [0.25, 0.3) is 0 Å². The molecule has 0 spiro atoms. The van der Waals surface area contributed by atoms with E-state index in [-0.39, 0.29) is 5.41 Å². The Hall–Kier alpha value is -0.810. The molecule has 2 rings (SSSR count). The molecule has 72 valence electrons. The van der Waals surface area contributed by atoms with Gasteiger partial charge in [0.15, 0.2) is 0 Å². The number of hydrogen-bond acceptors (Lipinski definition) is 1. The maximum absolute atomic E-state index is 9.24. The van der Waals surface area contributed by atoms with Gasteiger partial charge in [-0.2, -0.15) is 5.26 Å². The van der Waals surface area contributed by atoms with Crippen molar-refractivity contribution in [3.63, 3.8) is 0 Å². The highest BCUT2D eigenvalue weighted by Crippen LogP contribution is 2.55. The maximum atomic E-state index is 9.24. The summed E-state index contributed by atoms with van der Waals surface area (Å²) >= 11 is 3.44. The third-order valence-corrected chi connectivity index (χ3v) is 3.63. The first-order valence-corrected chi connectivity index (χ1v) is 5.69. The van der Waals surface area contributed by atoms with Crippen LogP contribution in [-0.2, 0) is 5.41 Å². The molecule has 14 heavy (non-hydrogen) atoms. The topological polar surface area (TPSA) is 23.8 Å². The summed E-state index contributed by atoms with van der Waals surface area (Å²) in [5.74, 6) is 0.557. The van der Waals surface area contributed by atoms with Gasteiger partial charge in [-0.25, -0.2) is 0 Å². The van der Waals surface area contributed by atoms with E-state index in [1.165, 1.54) is 5.56 Å². The largest absolute Gasteiger partial charge is 0.197 e. The summed E-state index contributed by atoms with van der Waals surface area (Å²) < 4.78 is 1.06. The molecule has 0 amide bonds. The summed E-state index contributed by atoms with van der Waals surface area (Å²) in [6.07, 6.45) is 2.12. The molecule has 0 saturated heterocycles. The molecule has 0 aromatic heterocycles. The van der Waals surface area contributed by atoms with Crippen molar-refractivity contribution < 1.29 is 0 Å². The molecule has 1 fully saturated rings. The van der Waals surface area contributed by atoms with E-state index in [0.717, 1.165) is 17.3 Å². The molecule has 1 saturated carbocycles. The molecule has 2 heteroatoms. The average molecular weight is 250 g/mol. The summed E-state index contributed by atoms with van der Waals surface area (Å²) in [5, 5.41) is 9.24. The molecular formula is C12H12BrN. The van der Waals surface area contributed by atoms with Crippen LogP contribution in [0.25, 0.3) is 0 Å². The maximum Gasteiger partial charge on any atom is 0.0854 e. The van der Waals surface area contributed by atoms with Gasteiger partial charge in [-0.05, 0) is 30.0 Å². The zero-order valence-electron chi connectivity index (χ0n) is 8.13. The Bertz CT molecular complexity index is 394. The molecule has 1 aromatic carbocycles. The first-order chi connectivity index (χ1) is 6.73. The van der Waals surface area contributed by atoms with Gasteiger partial charge in [0.05, 0.1) is 11.5 Å². The standard InChI is InChI=1S/C12H12BrN/c1-2-9-7-12(9,8-14)10-4-3-5-11(13)6-10/h3-6,9H,2,7H2,1H3. The fraction of sp³-hybridized carbons (Fsp3) is 0.417. The molecule has 0 radical (unpaired) electrons. The van der Waals surface area contributed by atoms with E-state index >= 15 is 0 Å². The Morgan fingerprint density at radius 2 is 2.43 bits per heavy atom. The lowest BCUT2D eigenvalue weighted by Gasteiger charge is -2.08. The Kier molecular flexibility index (Phi) is 2.36. The average Bonchev–Trinajstić information content (AvgIpc) is 2.93. The zero-order chi connectivity index (χ0) is 10.2. The summed E-state index contributed by atoms with van der Waals surface area (Å²) in [7, 11) is 0. The molecule has 2 unspecified atom stereocenters. The highest BCUT2D eigenvalue weighted by molar-refractivity contribution is 9.10. The number of rotatable bonds is 2. The fourth-order valence-corrected chi connectivity index (χ4v) is 2.54. The number of benzene rings is 1. The lowest BCUT2D eigenvalue weighted by atomic mass is 9.94. The van der Waals surface area contributed by atoms with E-state index in [1.54, 1.807) is 0 Å². The van der Waals surface area contributed by atoms with Gasteiger partial charge in [0.2, 0.25) is 0 Å². The van der Waals surface area contributed by atoms with Crippen LogP contribution >= 0.6 is 15.9 Å². The molecule has 2 atom stereocenters. The summed E-state index contributed by atoms with van der Waals surface area (Å²) in [4.78, 5) is 0. The summed E-state index contributed by atoms with van der Waals surface area (Å²) in [6, 6.07) is 10.6. The number of halogens is 1. The molecule has 1 nitrogen and oxygen atoms in total. The molecule has 0 N–H and O–H groups in total. The molecule has 0 aliphatic heterocycles. The number of hydrogen-bond donors (Lipinski definition) is 0. The fourth-order valence-electron chi connectivity index (χ4n) is 2.14. The van der Waals surface area contributed by atoms with Crippen LogP contribution in [0.2, 0.25) is 0 Å². The van der Waals surface area contributed by atoms with Crippen LogP contribution in [0.3, 0.4) is 0 Å². The smallest absolute Gasteiger partial charge is 0.0854 e. The molecule has 0 bridgehead atoms. The molecule has 1 aromatic rings. The predicted octanol–water partition coefficient (Wildman–Crippen LogP) is 3.64. The van der Waals surface area contributed by atoms with Gasteiger partial charge in [-0.15, -0.1) is 0 Å². The normalized spacial score (nSPS) is 29.6. The zero-order valence-corrected chi connectivity index (χ0v) is 9.71. The van der Waals surface area contributed by atoms with Crippen molar-refractivity contribution in [2.45, 2.75) is 25.2 Å². The number of nitrogens with zero attached hydrogens (tertiary/aromatic N) is 1. The van der Waals surface area contributed by atoms with Crippen LogP contribution in [-0.4, -0.2) is 0 Å². The van der Waals surface area contributed by atoms with Crippen molar-refractivity contribution in [1.82, 2.24) is 0 Å². The third-order valence-electron chi connectivity index (χ3n) is 3.14. The molecule has 1 aliphatic rings. The second kappa shape index (κ2) is 3.40. The highest BCUT2D eigenvalue weighted by Gasteiger charge is 2.54. The van der Waals surface area contributed by atoms with Crippen LogP contribution in [0, 0.1) is 17.2 Å². The Labute approximate surface area is 92.9 Å². The number of nitriles is 1. The van der Waals surface area contributed by atoms with Gasteiger partial charge >= 0.3 is 0 Å². The van der Waals surface area contributed by atoms with Crippen LogP contribution in [0.4, 0.5) is 0 Å². The quantitative estimate of drug-likeness (QED) is 0.786. The van der Waals surface area contributed by atoms with Crippen molar-refractivity contribution >= 4 is 15.9 Å². The van der Waals surface area contributed by atoms with Crippen molar-refractivity contribution in [3.05, 3.63) is 34.3 Å². The molecular weight excluding hydrogens is 238 g/mol. The van der Waals surface area contributed by atoms with Crippen LogP contribution in [0.15, 0.2) is 28.7 Å². The van der Waals surface area contributed by atoms with E-state index in [9.17, 15) is 5.26 Å². The van der Waals surface area contributed by atoms with E-state index < -0.39 is 0 Å². The van der Waals surface area contributed by atoms with Crippen LogP contribution < -0.4 is 0 Å². The Morgan fingerprint density at radius 3 is 2.93 bits per heavy atom. The van der Waals surface area contributed by atoms with Crippen LogP contribution in [0.1, 0.15) is 25.3 Å². The predicted molar refractivity (Wildman–Crippen MR) is 59.8 cm³/mol. The summed E-state index contributed by atoms with van der Waals surface area (Å²) in [6.45, 7) is 2.15. The van der Waals surface area contributed by atoms with Crippen molar-refractivity contribution in [3.8, 4) is 6.07 Å². The SMILES string of the molecule is CCC1CC1(C#N)c1cccc(Br)c1. The van der Waals surface area contributed by atoms with Crippen molar-refractivity contribution in [1.29, 1.82) is 5.26 Å². The van der Waals surface area contributed by atoms with Gasteiger partial charge in [0.1, 0.15) is 0 Å². The molecule has 0 heterocycles. The van der Waals surface area contributed by atoms with Crippen molar-refractivity contribution in [2.24, 2.45) is 5.92 Å². The Balaban J connectivity index is 2.36. The van der Waals surface area contributed by atoms with Gasteiger partial charge in [-0.3, -0.25) is 0 Å². The highest BCUT2D eigenvalue weighted by atomic mass is 79.9. The lowest BCUT2D eigenvalue weighted by molar-refractivity contribution is 0.701. The minimum Gasteiger partial charge on any atom is -0.197 e. The monoisotopic (exact) mass is 249 g/mol. The molecule has 1 aliphatic carbocycles. The van der Waals surface area contributed by atoms with Gasteiger partial charge < -0.3 is 0 Å².